The lowest BCUT2D eigenvalue weighted by atomic mass is 9.77. The Morgan fingerprint density at radius 1 is 1.05 bits per heavy atom. The highest BCUT2D eigenvalue weighted by molar-refractivity contribution is 6.62. The maximum absolute atomic E-state index is 15.3. The fourth-order valence-corrected chi connectivity index (χ4v) is 6.73. The molecule has 4 heterocycles. The van der Waals surface area contributed by atoms with Crippen LogP contribution in [0.2, 0.25) is 0 Å². The molecular weight excluding hydrogens is 520 g/mol. The molecule has 0 N–H and O–H groups in total. The average Bonchev–Trinajstić information content (AvgIpc) is 3.43. The zero-order valence-electron chi connectivity index (χ0n) is 24.9. The molecule has 9 heteroatoms. The molecule has 2 unspecified atom stereocenters. The summed E-state index contributed by atoms with van der Waals surface area (Å²) < 4.78 is 42.1. The van der Waals surface area contributed by atoms with Gasteiger partial charge in [0.15, 0.2) is 6.23 Å². The minimum absolute atomic E-state index is 0.0148. The number of methoxy groups -OCH3 is 1. The smallest absolute Gasteiger partial charge is 0.494 e. The molecule has 3 fully saturated rings. The normalized spacial score (nSPS) is 26.7. The monoisotopic (exact) mass is 561 g/mol. The van der Waals surface area contributed by atoms with Crippen molar-refractivity contribution < 1.29 is 23.2 Å². The Labute approximate surface area is 242 Å². The third-order valence-corrected chi connectivity index (χ3v) is 10.0. The number of hydrogen-bond donors (Lipinski definition) is 0. The van der Waals surface area contributed by atoms with E-state index in [1.165, 1.54) is 11.1 Å². The van der Waals surface area contributed by atoms with Crippen LogP contribution in [0.25, 0.3) is 10.9 Å². The van der Waals surface area contributed by atoms with Crippen molar-refractivity contribution in [3.05, 3.63) is 53.2 Å². The Morgan fingerprint density at radius 2 is 1.80 bits per heavy atom. The topological polar surface area (TPSA) is 58.0 Å². The number of fused-ring (bicyclic) bond motifs is 3. The molecule has 0 radical (unpaired) electrons. The lowest BCUT2D eigenvalue weighted by Crippen LogP contribution is -2.41. The fourth-order valence-electron chi connectivity index (χ4n) is 6.73. The Kier molecular flexibility index (Phi) is 6.54. The van der Waals surface area contributed by atoms with Gasteiger partial charge in [-0.2, -0.15) is 5.10 Å². The molecule has 0 spiro atoms. The fraction of sp³-hybridized carbons (Fsp3) is 0.594. The molecule has 4 aliphatic rings. The van der Waals surface area contributed by atoms with E-state index < -0.39 is 24.0 Å². The minimum atomic E-state index is -1.10. The van der Waals surface area contributed by atoms with Crippen molar-refractivity contribution in [1.29, 1.82) is 0 Å². The quantitative estimate of drug-likeness (QED) is 0.371. The second kappa shape index (κ2) is 9.80. The maximum atomic E-state index is 15.3. The van der Waals surface area contributed by atoms with E-state index in [9.17, 15) is 0 Å². The van der Waals surface area contributed by atoms with Crippen LogP contribution in [0.4, 0.5) is 4.39 Å². The summed E-state index contributed by atoms with van der Waals surface area (Å²) in [5.74, 6) is 0.759. The van der Waals surface area contributed by atoms with Crippen molar-refractivity contribution in [3.63, 3.8) is 0 Å². The molecular formula is C32H41BFN3O4. The zero-order valence-corrected chi connectivity index (χ0v) is 24.9. The third kappa shape index (κ3) is 4.69. The van der Waals surface area contributed by atoms with Gasteiger partial charge >= 0.3 is 7.12 Å². The van der Waals surface area contributed by atoms with Gasteiger partial charge < -0.3 is 18.8 Å². The molecule has 2 aromatic carbocycles. The van der Waals surface area contributed by atoms with Crippen molar-refractivity contribution in [2.45, 2.75) is 95.4 Å². The Hall–Kier alpha value is -2.46. The van der Waals surface area contributed by atoms with Crippen molar-refractivity contribution >= 4 is 23.5 Å². The Balaban J connectivity index is 1.29. The first-order chi connectivity index (χ1) is 19.6. The molecule has 3 aromatic rings. The first-order valence-corrected chi connectivity index (χ1v) is 15.2. The van der Waals surface area contributed by atoms with Crippen molar-refractivity contribution in [2.24, 2.45) is 0 Å². The second-order valence-corrected chi connectivity index (χ2v) is 13.3. The van der Waals surface area contributed by atoms with Gasteiger partial charge in [-0.3, -0.25) is 4.90 Å². The number of aromatic nitrogens is 2. The lowest BCUT2D eigenvalue weighted by Gasteiger charge is -2.39. The number of benzene rings is 2. The van der Waals surface area contributed by atoms with Gasteiger partial charge in [0.2, 0.25) is 0 Å². The van der Waals surface area contributed by atoms with Gasteiger partial charge in [0.05, 0.1) is 36.1 Å². The van der Waals surface area contributed by atoms with Gasteiger partial charge in [0.1, 0.15) is 11.4 Å². The number of rotatable bonds is 6. The van der Waals surface area contributed by atoms with Crippen molar-refractivity contribution in [1.82, 2.24) is 14.7 Å². The number of hydrogen-bond acceptors (Lipinski definition) is 6. The predicted octanol–water partition coefficient (Wildman–Crippen LogP) is 5.49. The summed E-state index contributed by atoms with van der Waals surface area (Å²) in [4.78, 5) is 2.31. The van der Waals surface area contributed by atoms with Gasteiger partial charge in [-0.1, -0.05) is 18.2 Å². The molecule has 0 bridgehead atoms. The van der Waals surface area contributed by atoms with Gasteiger partial charge in [0, 0.05) is 30.6 Å². The van der Waals surface area contributed by atoms with Crippen LogP contribution in [-0.4, -0.2) is 65.5 Å². The van der Waals surface area contributed by atoms with E-state index in [1.807, 2.05) is 12.3 Å². The Morgan fingerprint density at radius 3 is 2.49 bits per heavy atom. The first kappa shape index (κ1) is 27.4. The van der Waals surface area contributed by atoms with Gasteiger partial charge in [-0.05, 0) is 94.9 Å². The number of nitrogens with zero attached hydrogens (tertiary/aromatic N) is 3. The van der Waals surface area contributed by atoms with Crippen LogP contribution in [0.5, 0.6) is 5.75 Å². The summed E-state index contributed by atoms with van der Waals surface area (Å²) in [7, 11) is 1.22. The van der Waals surface area contributed by atoms with Gasteiger partial charge in [-0.15, -0.1) is 0 Å². The van der Waals surface area contributed by atoms with Crippen LogP contribution in [0, 0.1) is 0 Å². The summed E-state index contributed by atoms with van der Waals surface area (Å²) in [6, 6.07) is 10.5. The van der Waals surface area contributed by atoms with E-state index in [1.54, 1.807) is 7.11 Å². The first-order valence-electron chi connectivity index (χ1n) is 15.2. The van der Waals surface area contributed by atoms with E-state index in [0.717, 1.165) is 66.5 Å². The van der Waals surface area contributed by atoms with E-state index in [0.29, 0.717) is 19.4 Å². The highest BCUT2D eigenvalue weighted by Crippen LogP contribution is 2.47. The van der Waals surface area contributed by atoms with Crippen LogP contribution in [-0.2, 0) is 20.5 Å². The molecule has 1 saturated carbocycles. The molecule has 7 nitrogen and oxygen atoms in total. The highest BCUT2D eigenvalue weighted by Gasteiger charge is 2.52. The van der Waals surface area contributed by atoms with Crippen LogP contribution in [0.1, 0.15) is 88.8 Å². The summed E-state index contributed by atoms with van der Waals surface area (Å²) in [6.45, 7) is 10.2. The SMILES string of the molecule is COc1cc(B2OC(C)(C)C(C)(C)O2)ccc1C1c2ccc3c(cnn3C3CCCCO3)c2CCN1CC1(F)CC1. The summed E-state index contributed by atoms with van der Waals surface area (Å²) in [5.41, 5.74) is 3.57. The number of alkyl halides is 1. The molecule has 7 rings (SSSR count). The minimum Gasteiger partial charge on any atom is -0.496 e. The van der Waals surface area contributed by atoms with Crippen molar-refractivity contribution in [3.8, 4) is 5.75 Å². The van der Waals surface area contributed by atoms with E-state index in [2.05, 4.69) is 61.5 Å². The summed E-state index contributed by atoms with van der Waals surface area (Å²) in [6.07, 6.45) is 7.34. The number of halogens is 1. The van der Waals surface area contributed by atoms with Gasteiger partial charge in [-0.25, -0.2) is 9.07 Å². The predicted molar refractivity (Wildman–Crippen MR) is 157 cm³/mol. The Bertz CT molecular complexity index is 1450. The second-order valence-electron chi connectivity index (χ2n) is 13.3. The molecule has 2 atom stereocenters. The summed E-state index contributed by atoms with van der Waals surface area (Å²) >= 11 is 0. The third-order valence-electron chi connectivity index (χ3n) is 10.0. The van der Waals surface area contributed by atoms with Crippen LogP contribution in [0.15, 0.2) is 36.5 Å². The lowest BCUT2D eigenvalue weighted by molar-refractivity contribution is -0.0366. The molecule has 1 aliphatic carbocycles. The molecule has 41 heavy (non-hydrogen) atoms. The van der Waals surface area contributed by atoms with E-state index in [4.69, 9.17) is 23.9 Å². The molecule has 3 aliphatic heterocycles. The standard InChI is InChI=1S/C32H41BFN3O4/c1-30(2)31(3,4)41-33(40-30)21-9-10-24(27(18-21)38-5)29-23-11-12-26-25(19-35-37(26)28-8-6-7-17-39-28)22(23)13-16-36(29)20-32(34)14-15-32/h9-12,18-19,28-29H,6-8,13-17,20H2,1-5H3. The molecule has 1 aromatic heterocycles. The largest absolute Gasteiger partial charge is 0.496 e. The maximum Gasteiger partial charge on any atom is 0.494 e. The summed E-state index contributed by atoms with van der Waals surface area (Å²) in [5, 5.41) is 5.95. The van der Waals surface area contributed by atoms with Crippen LogP contribution in [0.3, 0.4) is 0 Å². The van der Waals surface area contributed by atoms with Crippen LogP contribution >= 0.6 is 0 Å². The number of ether oxygens (including phenoxy) is 2. The molecule has 0 amide bonds. The van der Waals surface area contributed by atoms with Crippen LogP contribution < -0.4 is 10.2 Å². The molecule has 218 valence electrons. The van der Waals surface area contributed by atoms with E-state index in [-0.39, 0.29) is 12.3 Å². The van der Waals surface area contributed by atoms with Crippen molar-refractivity contribution in [2.75, 3.05) is 26.8 Å². The zero-order chi connectivity index (χ0) is 28.6. The van der Waals surface area contributed by atoms with Gasteiger partial charge in [0.25, 0.3) is 0 Å². The van der Waals surface area contributed by atoms with E-state index >= 15 is 4.39 Å². The average molecular weight is 562 g/mol. The highest BCUT2D eigenvalue weighted by atomic mass is 19.1. The molecule has 2 saturated heterocycles.